The van der Waals surface area contributed by atoms with Gasteiger partial charge in [0, 0.05) is 15.4 Å². The normalized spacial score (nSPS) is 16.5. The lowest BCUT2D eigenvalue weighted by molar-refractivity contribution is 0.420. The molecule has 0 amide bonds. The van der Waals surface area contributed by atoms with Gasteiger partial charge in [-0.2, -0.15) is 5.26 Å². The second kappa shape index (κ2) is 7.21. The molecule has 0 spiro atoms. The lowest BCUT2D eigenvalue weighted by Crippen LogP contribution is -2.03. The molecule has 0 unspecified atom stereocenters. The van der Waals surface area contributed by atoms with Crippen molar-refractivity contribution < 1.29 is 0 Å². The molecule has 1 heterocycles. The standard InChI is InChI=1S/C18H17BrN2S/c19-16-8-6-14(7-9-16)17-12-22-18(21-17)15(11-20)10-13-4-2-1-3-5-13/h6-10,12-13H,1-5H2/b15-10+. The lowest BCUT2D eigenvalue weighted by atomic mass is 9.88. The van der Waals surface area contributed by atoms with Gasteiger partial charge in [-0.15, -0.1) is 11.3 Å². The summed E-state index contributed by atoms with van der Waals surface area (Å²) < 4.78 is 1.06. The minimum Gasteiger partial charge on any atom is -0.235 e. The summed E-state index contributed by atoms with van der Waals surface area (Å²) in [6, 6.07) is 10.4. The Morgan fingerprint density at radius 2 is 1.95 bits per heavy atom. The summed E-state index contributed by atoms with van der Waals surface area (Å²) in [6.07, 6.45) is 8.44. The molecule has 22 heavy (non-hydrogen) atoms. The zero-order chi connectivity index (χ0) is 15.4. The molecule has 112 valence electrons. The summed E-state index contributed by atoms with van der Waals surface area (Å²) in [7, 11) is 0. The first kappa shape index (κ1) is 15.5. The Kier molecular flexibility index (Phi) is 5.07. The van der Waals surface area contributed by atoms with Gasteiger partial charge in [0.05, 0.1) is 11.3 Å². The molecule has 0 atom stereocenters. The van der Waals surface area contributed by atoms with Crippen molar-refractivity contribution in [3.8, 4) is 17.3 Å². The third-order valence-corrected chi connectivity index (χ3v) is 5.45. The number of benzene rings is 1. The SMILES string of the molecule is N#C/C(=C\C1CCCCC1)c1nc(-c2ccc(Br)cc2)cs1. The third kappa shape index (κ3) is 3.66. The van der Waals surface area contributed by atoms with Crippen LogP contribution in [0.4, 0.5) is 0 Å². The van der Waals surface area contributed by atoms with Gasteiger partial charge in [-0.25, -0.2) is 4.98 Å². The highest BCUT2D eigenvalue weighted by atomic mass is 79.9. The minimum atomic E-state index is 0.545. The number of hydrogen-bond donors (Lipinski definition) is 0. The van der Waals surface area contributed by atoms with Crippen LogP contribution in [-0.2, 0) is 0 Å². The molecular weight excluding hydrogens is 356 g/mol. The molecule has 4 heteroatoms. The zero-order valence-corrected chi connectivity index (χ0v) is 14.7. The molecule has 1 aliphatic carbocycles. The Balaban J connectivity index is 1.83. The first-order valence-corrected chi connectivity index (χ1v) is 9.27. The number of thiazole rings is 1. The van der Waals surface area contributed by atoms with E-state index in [1.807, 2.05) is 29.6 Å². The summed E-state index contributed by atoms with van der Waals surface area (Å²) in [5, 5.41) is 12.3. The van der Waals surface area contributed by atoms with E-state index in [1.54, 1.807) is 11.3 Å². The van der Waals surface area contributed by atoms with Gasteiger partial charge in [0.25, 0.3) is 0 Å². The molecule has 1 saturated carbocycles. The van der Waals surface area contributed by atoms with Crippen molar-refractivity contribution >= 4 is 32.8 Å². The van der Waals surface area contributed by atoms with E-state index in [0.717, 1.165) is 26.3 Å². The van der Waals surface area contributed by atoms with Gasteiger partial charge in [0.1, 0.15) is 11.1 Å². The summed E-state index contributed by atoms with van der Waals surface area (Å²) in [5.74, 6) is 0.545. The van der Waals surface area contributed by atoms with Gasteiger partial charge < -0.3 is 0 Å². The van der Waals surface area contributed by atoms with E-state index >= 15 is 0 Å². The highest BCUT2D eigenvalue weighted by Gasteiger charge is 2.15. The van der Waals surface area contributed by atoms with Crippen LogP contribution in [0, 0.1) is 17.2 Å². The van der Waals surface area contributed by atoms with Crippen LogP contribution in [0.3, 0.4) is 0 Å². The lowest BCUT2D eigenvalue weighted by Gasteiger charge is -2.18. The van der Waals surface area contributed by atoms with E-state index in [4.69, 9.17) is 0 Å². The largest absolute Gasteiger partial charge is 0.235 e. The van der Waals surface area contributed by atoms with Crippen LogP contribution >= 0.6 is 27.3 Å². The van der Waals surface area contributed by atoms with Crippen LogP contribution in [0.1, 0.15) is 37.1 Å². The van der Waals surface area contributed by atoms with Crippen LogP contribution in [0.2, 0.25) is 0 Å². The van der Waals surface area contributed by atoms with Crippen LogP contribution in [0.5, 0.6) is 0 Å². The number of aromatic nitrogens is 1. The number of rotatable bonds is 3. The molecule has 3 rings (SSSR count). The first-order chi connectivity index (χ1) is 10.8. The predicted octanol–water partition coefficient (Wildman–Crippen LogP) is 6.06. The molecular formula is C18H17BrN2S. The zero-order valence-electron chi connectivity index (χ0n) is 12.3. The number of nitriles is 1. The molecule has 2 aromatic rings. The Morgan fingerprint density at radius 1 is 1.23 bits per heavy atom. The van der Waals surface area contributed by atoms with Crippen LogP contribution in [0.15, 0.2) is 40.2 Å². The van der Waals surface area contributed by atoms with Crippen molar-refractivity contribution in [2.75, 3.05) is 0 Å². The fraction of sp³-hybridized carbons (Fsp3) is 0.333. The molecule has 2 nitrogen and oxygen atoms in total. The maximum absolute atomic E-state index is 9.47. The summed E-state index contributed by atoms with van der Waals surface area (Å²) in [6.45, 7) is 0. The average molecular weight is 373 g/mol. The Labute approximate surface area is 143 Å². The third-order valence-electron chi connectivity index (χ3n) is 4.05. The van der Waals surface area contributed by atoms with Crippen LogP contribution < -0.4 is 0 Å². The Bertz CT molecular complexity index is 703. The molecule has 1 aromatic carbocycles. The molecule has 1 aromatic heterocycles. The highest BCUT2D eigenvalue weighted by Crippen LogP contribution is 2.31. The summed E-state index contributed by atoms with van der Waals surface area (Å²) in [4.78, 5) is 4.66. The predicted molar refractivity (Wildman–Crippen MR) is 95.4 cm³/mol. The van der Waals surface area contributed by atoms with E-state index in [0.29, 0.717) is 5.92 Å². The van der Waals surface area contributed by atoms with Crippen molar-refractivity contribution in [1.82, 2.24) is 4.98 Å². The molecule has 0 N–H and O–H groups in total. The van der Waals surface area contributed by atoms with Crippen molar-refractivity contribution in [2.45, 2.75) is 32.1 Å². The molecule has 0 aliphatic heterocycles. The van der Waals surface area contributed by atoms with Gasteiger partial charge in [-0.05, 0) is 30.9 Å². The number of halogens is 1. The fourth-order valence-corrected chi connectivity index (χ4v) is 3.91. The van der Waals surface area contributed by atoms with Gasteiger partial charge in [-0.3, -0.25) is 0 Å². The van der Waals surface area contributed by atoms with E-state index in [-0.39, 0.29) is 0 Å². The maximum Gasteiger partial charge on any atom is 0.134 e. The molecule has 0 bridgehead atoms. The molecule has 0 saturated heterocycles. The van der Waals surface area contributed by atoms with Crippen molar-refractivity contribution in [2.24, 2.45) is 5.92 Å². The fourth-order valence-electron chi connectivity index (χ4n) is 2.84. The average Bonchev–Trinajstić information content (AvgIpc) is 3.04. The summed E-state index contributed by atoms with van der Waals surface area (Å²) >= 11 is 5.00. The van der Waals surface area contributed by atoms with E-state index < -0.39 is 0 Å². The van der Waals surface area contributed by atoms with E-state index in [2.05, 4.69) is 33.1 Å². The monoisotopic (exact) mass is 372 g/mol. The minimum absolute atomic E-state index is 0.545. The Hall–Kier alpha value is -1.44. The van der Waals surface area contributed by atoms with Gasteiger partial charge >= 0.3 is 0 Å². The van der Waals surface area contributed by atoms with E-state index in [1.165, 1.54) is 32.1 Å². The van der Waals surface area contributed by atoms with Crippen molar-refractivity contribution in [3.05, 3.63) is 45.2 Å². The number of hydrogen-bond acceptors (Lipinski definition) is 3. The molecule has 1 fully saturated rings. The van der Waals surface area contributed by atoms with Crippen molar-refractivity contribution in [1.29, 1.82) is 5.26 Å². The first-order valence-electron chi connectivity index (χ1n) is 7.60. The maximum atomic E-state index is 9.47. The smallest absolute Gasteiger partial charge is 0.134 e. The van der Waals surface area contributed by atoms with Gasteiger partial charge in [-0.1, -0.05) is 53.4 Å². The molecule has 0 radical (unpaired) electrons. The summed E-state index contributed by atoms with van der Waals surface area (Å²) in [5.41, 5.74) is 2.76. The Morgan fingerprint density at radius 3 is 2.64 bits per heavy atom. The quantitative estimate of drug-likeness (QED) is 0.613. The van der Waals surface area contributed by atoms with Crippen molar-refractivity contribution in [3.63, 3.8) is 0 Å². The second-order valence-electron chi connectivity index (χ2n) is 5.64. The highest BCUT2D eigenvalue weighted by molar-refractivity contribution is 9.10. The molecule has 1 aliphatic rings. The van der Waals surface area contributed by atoms with E-state index in [9.17, 15) is 5.26 Å². The number of allylic oxidation sites excluding steroid dienone is 2. The topological polar surface area (TPSA) is 36.7 Å². The van der Waals surface area contributed by atoms with Gasteiger partial charge in [0.15, 0.2) is 0 Å². The van der Waals surface area contributed by atoms with Crippen LogP contribution in [-0.4, -0.2) is 4.98 Å². The van der Waals surface area contributed by atoms with Gasteiger partial charge in [0.2, 0.25) is 0 Å². The van der Waals surface area contributed by atoms with Crippen LogP contribution in [0.25, 0.3) is 16.8 Å². The number of nitrogens with zero attached hydrogens (tertiary/aromatic N) is 2. The second-order valence-corrected chi connectivity index (χ2v) is 7.41.